The van der Waals surface area contributed by atoms with Crippen LogP contribution in [-0.4, -0.2) is 65.6 Å². The molecule has 3 heterocycles. The number of hydrogen-bond acceptors (Lipinski definition) is 4. The second-order valence-electron chi connectivity index (χ2n) is 7.87. The fraction of sp³-hybridized carbons (Fsp3) is 0.381. The van der Waals surface area contributed by atoms with Gasteiger partial charge in [0.1, 0.15) is 11.6 Å². The van der Waals surface area contributed by atoms with E-state index in [-0.39, 0.29) is 35.3 Å². The number of carboxylic acids is 1. The van der Waals surface area contributed by atoms with Gasteiger partial charge >= 0.3 is 12.0 Å². The first-order valence-electron chi connectivity index (χ1n) is 9.53. The number of fused-ring (bicyclic) bond motifs is 1. The summed E-state index contributed by atoms with van der Waals surface area (Å²) < 4.78 is 13.9. The van der Waals surface area contributed by atoms with E-state index in [1.807, 2.05) is 11.0 Å². The van der Waals surface area contributed by atoms with E-state index >= 15 is 0 Å². The van der Waals surface area contributed by atoms with Crippen molar-refractivity contribution in [2.45, 2.75) is 6.04 Å². The van der Waals surface area contributed by atoms with Crippen molar-refractivity contribution in [1.82, 2.24) is 14.8 Å². The number of amides is 2. The second kappa shape index (κ2) is 7.35. The van der Waals surface area contributed by atoms with E-state index in [0.717, 1.165) is 5.56 Å². The Kier molecular flexibility index (Phi) is 4.86. The highest BCUT2D eigenvalue weighted by Gasteiger charge is 2.49. The third-order valence-electron chi connectivity index (χ3n) is 5.80. The number of aromatic nitrogens is 1. The second-order valence-corrected chi connectivity index (χ2v) is 7.87. The van der Waals surface area contributed by atoms with Gasteiger partial charge in [0.05, 0.1) is 11.6 Å². The molecular weight excluding hydrogens is 375 g/mol. The van der Waals surface area contributed by atoms with Crippen LogP contribution in [0.5, 0.6) is 0 Å². The maximum Gasteiger partial charge on any atom is 0.335 e. The molecule has 2 aliphatic heterocycles. The average Bonchev–Trinajstić information content (AvgIpc) is 3.25. The number of nitrogens with zero attached hydrogens (tertiary/aromatic N) is 4. The van der Waals surface area contributed by atoms with Gasteiger partial charge in [-0.15, -0.1) is 0 Å². The van der Waals surface area contributed by atoms with Gasteiger partial charge in [0.25, 0.3) is 0 Å². The maximum atomic E-state index is 13.9. The van der Waals surface area contributed by atoms with Gasteiger partial charge in [-0.3, -0.25) is 0 Å². The van der Waals surface area contributed by atoms with E-state index in [2.05, 4.69) is 9.88 Å². The summed E-state index contributed by atoms with van der Waals surface area (Å²) in [6, 6.07) is 9.13. The van der Waals surface area contributed by atoms with Gasteiger partial charge in [0, 0.05) is 51.8 Å². The van der Waals surface area contributed by atoms with E-state index in [1.54, 1.807) is 31.1 Å². The summed E-state index contributed by atoms with van der Waals surface area (Å²) >= 11 is 0. The highest BCUT2D eigenvalue weighted by atomic mass is 19.1. The molecule has 0 saturated carbocycles. The first-order valence-corrected chi connectivity index (χ1v) is 9.53. The van der Waals surface area contributed by atoms with Gasteiger partial charge in [-0.25, -0.2) is 19.0 Å². The van der Waals surface area contributed by atoms with Gasteiger partial charge in [0.2, 0.25) is 0 Å². The van der Waals surface area contributed by atoms with Crippen molar-refractivity contribution < 1.29 is 19.1 Å². The first-order chi connectivity index (χ1) is 13.8. The highest BCUT2D eigenvalue weighted by molar-refractivity contribution is 5.88. The molecule has 152 valence electrons. The predicted octanol–water partition coefficient (Wildman–Crippen LogP) is 2.71. The topological polar surface area (TPSA) is 77.0 Å². The van der Waals surface area contributed by atoms with E-state index in [0.29, 0.717) is 25.5 Å². The molecule has 0 unspecified atom stereocenters. The molecule has 2 amide bonds. The number of carbonyl (C=O) groups excluding carboxylic acids is 1. The molecule has 4 rings (SSSR count). The van der Waals surface area contributed by atoms with Crippen molar-refractivity contribution >= 4 is 17.8 Å². The Hall–Kier alpha value is -3.16. The van der Waals surface area contributed by atoms with Gasteiger partial charge in [-0.05, 0) is 29.8 Å². The molecule has 2 aliphatic rings. The summed E-state index contributed by atoms with van der Waals surface area (Å²) in [5.74, 6) is -0.400. The van der Waals surface area contributed by atoms with Gasteiger partial charge < -0.3 is 19.8 Å². The Labute approximate surface area is 168 Å². The number of urea groups is 1. The molecule has 29 heavy (non-hydrogen) atoms. The Morgan fingerprint density at radius 2 is 1.97 bits per heavy atom. The molecule has 1 aromatic heterocycles. The summed E-state index contributed by atoms with van der Waals surface area (Å²) in [4.78, 5) is 33.8. The standard InChI is InChI=1S/C21H23FN4O3/c1-24(2)21(29)26-11-15-10-25(18-9-14(20(27)28)6-7-23-18)12-17(15)19(26)13-4-3-5-16(22)8-13/h3-9,15,17,19H,10-12H2,1-2H3,(H,27,28)/t15-,17-,19-/m1/s1. The van der Waals surface area contributed by atoms with Crippen LogP contribution in [0.2, 0.25) is 0 Å². The molecule has 3 atom stereocenters. The van der Waals surface area contributed by atoms with Crippen LogP contribution < -0.4 is 4.90 Å². The zero-order valence-corrected chi connectivity index (χ0v) is 16.3. The zero-order valence-electron chi connectivity index (χ0n) is 16.3. The number of likely N-dealkylation sites (tertiary alicyclic amines) is 1. The molecule has 1 N–H and O–H groups in total. The van der Waals surface area contributed by atoms with Crippen LogP contribution in [0, 0.1) is 17.7 Å². The molecule has 2 aromatic rings. The molecule has 8 heteroatoms. The third kappa shape index (κ3) is 3.50. The van der Waals surface area contributed by atoms with Crippen LogP contribution in [0.1, 0.15) is 22.0 Å². The average molecular weight is 398 g/mol. The Morgan fingerprint density at radius 1 is 1.17 bits per heavy atom. The summed E-state index contributed by atoms with van der Waals surface area (Å²) in [5, 5.41) is 9.25. The Balaban J connectivity index is 1.64. The van der Waals surface area contributed by atoms with E-state index in [9.17, 15) is 19.1 Å². The fourth-order valence-corrected chi connectivity index (χ4v) is 4.53. The minimum atomic E-state index is -0.992. The molecule has 0 bridgehead atoms. The molecule has 0 spiro atoms. The molecule has 1 aromatic carbocycles. The number of carboxylic acid groups (broad SMARTS) is 1. The van der Waals surface area contributed by atoms with Crippen molar-refractivity contribution in [3.05, 3.63) is 59.5 Å². The number of anilines is 1. The lowest BCUT2D eigenvalue weighted by molar-refractivity contribution is 0.0696. The lowest BCUT2D eigenvalue weighted by atomic mass is 9.89. The summed E-state index contributed by atoms with van der Waals surface area (Å²) in [5.41, 5.74) is 0.972. The minimum Gasteiger partial charge on any atom is -0.478 e. The zero-order chi connectivity index (χ0) is 20.7. The van der Waals surface area contributed by atoms with Crippen LogP contribution in [-0.2, 0) is 0 Å². The van der Waals surface area contributed by atoms with E-state index in [1.165, 1.54) is 24.4 Å². The lowest BCUT2D eigenvalue weighted by Crippen LogP contribution is -2.41. The van der Waals surface area contributed by atoms with Crippen molar-refractivity contribution in [1.29, 1.82) is 0 Å². The monoisotopic (exact) mass is 398 g/mol. The van der Waals surface area contributed by atoms with Crippen molar-refractivity contribution in [2.24, 2.45) is 11.8 Å². The molecular formula is C21H23FN4O3. The summed E-state index contributed by atoms with van der Waals surface area (Å²) in [6.45, 7) is 1.86. The number of rotatable bonds is 3. The largest absolute Gasteiger partial charge is 0.478 e. The SMILES string of the molecule is CN(C)C(=O)N1C[C@H]2CN(c3cc(C(=O)O)ccn3)C[C@H]2[C@H]1c1cccc(F)c1. The predicted molar refractivity (Wildman–Crippen MR) is 105 cm³/mol. The highest BCUT2D eigenvalue weighted by Crippen LogP contribution is 2.46. The molecule has 0 aliphatic carbocycles. The normalized spacial score (nSPS) is 23.2. The van der Waals surface area contributed by atoms with Crippen LogP contribution in [0.3, 0.4) is 0 Å². The van der Waals surface area contributed by atoms with Crippen LogP contribution in [0.4, 0.5) is 15.0 Å². The summed E-state index contributed by atoms with van der Waals surface area (Å²) in [6.07, 6.45) is 1.50. The quantitative estimate of drug-likeness (QED) is 0.860. The van der Waals surface area contributed by atoms with Gasteiger partial charge in [-0.1, -0.05) is 12.1 Å². The first kappa shape index (κ1) is 19.2. The molecule has 7 nitrogen and oxygen atoms in total. The van der Waals surface area contributed by atoms with Gasteiger partial charge in [-0.2, -0.15) is 0 Å². The van der Waals surface area contributed by atoms with Crippen LogP contribution in [0.15, 0.2) is 42.6 Å². The minimum absolute atomic E-state index is 0.0915. The number of pyridine rings is 1. The van der Waals surface area contributed by atoms with Gasteiger partial charge in [0.15, 0.2) is 0 Å². The van der Waals surface area contributed by atoms with Crippen LogP contribution in [0.25, 0.3) is 0 Å². The third-order valence-corrected chi connectivity index (χ3v) is 5.80. The number of aromatic carboxylic acids is 1. The van der Waals surface area contributed by atoms with E-state index in [4.69, 9.17) is 0 Å². The maximum absolute atomic E-state index is 13.9. The molecule has 2 fully saturated rings. The van der Waals surface area contributed by atoms with Crippen molar-refractivity contribution in [3.63, 3.8) is 0 Å². The lowest BCUT2D eigenvalue weighted by Gasteiger charge is -2.32. The Bertz CT molecular complexity index is 951. The Morgan fingerprint density at radius 3 is 2.66 bits per heavy atom. The van der Waals surface area contributed by atoms with Crippen molar-refractivity contribution in [3.8, 4) is 0 Å². The molecule has 2 saturated heterocycles. The van der Waals surface area contributed by atoms with Crippen molar-refractivity contribution in [2.75, 3.05) is 38.6 Å². The smallest absolute Gasteiger partial charge is 0.335 e. The van der Waals surface area contributed by atoms with Crippen LogP contribution >= 0.6 is 0 Å². The van der Waals surface area contributed by atoms with E-state index < -0.39 is 5.97 Å². The number of benzene rings is 1. The summed E-state index contributed by atoms with van der Waals surface area (Å²) in [7, 11) is 3.43. The number of halogens is 1. The number of hydrogen-bond donors (Lipinski definition) is 1. The molecule has 0 radical (unpaired) electrons. The number of carbonyl (C=O) groups is 2. The fourth-order valence-electron chi connectivity index (χ4n) is 4.53.